The lowest BCUT2D eigenvalue weighted by molar-refractivity contribution is 0.339. The van der Waals surface area contributed by atoms with Gasteiger partial charge in [-0.1, -0.05) is 12.1 Å². The standard InChI is InChI=1S/C12H16ClFN2O2S/c1-9(2)16-8-10-4-3-5-11(14)12(10)15(7-6-13)19(16,17)18/h3-5,9H,6-8H2,1-2H3. The van der Waals surface area contributed by atoms with E-state index in [0.717, 1.165) is 4.31 Å². The highest BCUT2D eigenvalue weighted by atomic mass is 35.5. The zero-order valence-corrected chi connectivity index (χ0v) is 12.4. The van der Waals surface area contributed by atoms with Crippen LogP contribution in [-0.2, 0) is 16.8 Å². The molecular formula is C12H16ClFN2O2S. The normalized spacial score (nSPS) is 18.7. The van der Waals surface area contributed by atoms with Crippen LogP contribution >= 0.6 is 11.6 Å². The molecule has 0 bridgehead atoms. The minimum Gasteiger partial charge on any atom is -0.253 e. The number of para-hydroxylation sites is 1. The van der Waals surface area contributed by atoms with Gasteiger partial charge < -0.3 is 0 Å². The van der Waals surface area contributed by atoms with E-state index in [2.05, 4.69) is 0 Å². The van der Waals surface area contributed by atoms with Crippen molar-refractivity contribution in [2.75, 3.05) is 16.7 Å². The monoisotopic (exact) mass is 306 g/mol. The van der Waals surface area contributed by atoms with Gasteiger partial charge in [-0.2, -0.15) is 12.7 Å². The Kier molecular flexibility index (Phi) is 4.03. The molecule has 1 aliphatic heterocycles. The molecule has 1 heterocycles. The number of rotatable bonds is 3. The number of benzene rings is 1. The van der Waals surface area contributed by atoms with Crippen molar-refractivity contribution in [3.05, 3.63) is 29.6 Å². The summed E-state index contributed by atoms with van der Waals surface area (Å²) in [5, 5.41) is 0. The molecule has 19 heavy (non-hydrogen) atoms. The second kappa shape index (κ2) is 5.26. The summed E-state index contributed by atoms with van der Waals surface area (Å²) in [4.78, 5) is 0. The number of alkyl halides is 1. The summed E-state index contributed by atoms with van der Waals surface area (Å²) in [5.74, 6) is -0.423. The maximum atomic E-state index is 13.9. The van der Waals surface area contributed by atoms with Crippen LogP contribution in [0.3, 0.4) is 0 Å². The van der Waals surface area contributed by atoms with Crippen molar-refractivity contribution >= 4 is 27.5 Å². The van der Waals surface area contributed by atoms with E-state index in [1.807, 2.05) is 0 Å². The first-order valence-electron chi connectivity index (χ1n) is 6.02. The number of hydrogen-bond acceptors (Lipinski definition) is 2. The first-order chi connectivity index (χ1) is 8.89. The van der Waals surface area contributed by atoms with Gasteiger partial charge in [0.2, 0.25) is 0 Å². The van der Waals surface area contributed by atoms with Gasteiger partial charge >= 0.3 is 10.2 Å². The molecular weight excluding hydrogens is 291 g/mol. The van der Waals surface area contributed by atoms with Gasteiger partial charge in [0.05, 0.1) is 5.69 Å². The second-order valence-corrected chi connectivity index (χ2v) is 6.84. The topological polar surface area (TPSA) is 40.6 Å². The predicted octanol–water partition coefficient (Wildman–Crippen LogP) is 2.34. The third kappa shape index (κ3) is 2.44. The second-order valence-electron chi connectivity index (χ2n) is 4.66. The number of anilines is 1. The fraction of sp³-hybridized carbons (Fsp3) is 0.500. The molecule has 0 unspecified atom stereocenters. The molecule has 0 radical (unpaired) electrons. The molecule has 0 saturated carbocycles. The summed E-state index contributed by atoms with van der Waals surface area (Å²) in [5.41, 5.74) is 0.786. The molecule has 0 saturated heterocycles. The van der Waals surface area contributed by atoms with Crippen molar-refractivity contribution < 1.29 is 12.8 Å². The van der Waals surface area contributed by atoms with E-state index < -0.39 is 16.0 Å². The summed E-state index contributed by atoms with van der Waals surface area (Å²) < 4.78 is 41.3. The van der Waals surface area contributed by atoms with E-state index in [0.29, 0.717) is 5.56 Å². The van der Waals surface area contributed by atoms with Crippen LogP contribution in [0.4, 0.5) is 10.1 Å². The molecule has 0 N–H and O–H groups in total. The summed E-state index contributed by atoms with van der Waals surface area (Å²) >= 11 is 5.66. The molecule has 0 aliphatic carbocycles. The van der Waals surface area contributed by atoms with E-state index in [1.54, 1.807) is 26.0 Å². The van der Waals surface area contributed by atoms with Crippen molar-refractivity contribution in [2.24, 2.45) is 0 Å². The number of fused-ring (bicyclic) bond motifs is 1. The molecule has 0 amide bonds. The van der Waals surface area contributed by atoms with Crippen LogP contribution in [0, 0.1) is 5.82 Å². The average molecular weight is 307 g/mol. The fourth-order valence-corrected chi connectivity index (χ4v) is 4.33. The minimum atomic E-state index is -3.72. The highest BCUT2D eigenvalue weighted by Crippen LogP contribution is 2.35. The first-order valence-corrected chi connectivity index (χ1v) is 7.95. The van der Waals surface area contributed by atoms with Gasteiger partial charge in [0.15, 0.2) is 0 Å². The largest absolute Gasteiger partial charge is 0.304 e. The molecule has 4 nitrogen and oxygen atoms in total. The average Bonchev–Trinajstić information content (AvgIpc) is 2.32. The SMILES string of the molecule is CC(C)N1Cc2cccc(F)c2N(CCCl)S1(=O)=O. The molecule has 1 aliphatic rings. The van der Waals surface area contributed by atoms with E-state index in [4.69, 9.17) is 11.6 Å². The summed E-state index contributed by atoms with van der Waals surface area (Å²) in [6.07, 6.45) is 0. The number of hydrogen-bond donors (Lipinski definition) is 0. The molecule has 106 valence electrons. The Balaban J connectivity index is 2.61. The first kappa shape index (κ1) is 14.6. The van der Waals surface area contributed by atoms with Crippen molar-refractivity contribution in [1.29, 1.82) is 0 Å². The smallest absolute Gasteiger partial charge is 0.253 e. The Morgan fingerprint density at radius 2 is 2.11 bits per heavy atom. The van der Waals surface area contributed by atoms with Crippen LogP contribution in [0.1, 0.15) is 19.4 Å². The zero-order chi connectivity index (χ0) is 14.2. The zero-order valence-electron chi connectivity index (χ0n) is 10.8. The molecule has 0 atom stereocenters. The van der Waals surface area contributed by atoms with Crippen LogP contribution in [0.15, 0.2) is 18.2 Å². The van der Waals surface area contributed by atoms with Gasteiger partial charge in [-0.15, -0.1) is 11.6 Å². The van der Waals surface area contributed by atoms with Crippen LogP contribution in [-0.4, -0.2) is 31.2 Å². The third-order valence-electron chi connectivity index (χ3n) is 3.08. The molecule has 7 heteroatoms. The molecule has 0 fully saturated rings. The number of halogens is 2. The fourth-order valence-electron chi connectivity index (χ4n) is 2.21. The van der Waals surface area contributed by atoms with Gasteiger partial charge in [0.25, 0.3) is 0 Å². The third-order valence-corrected chi connectivity index (χ3v) is 5.32. The molecule has 1 aromatic carbocycles. The van der Waals surface area contributed by atoms with E-state index in [9.17, 15) is 12.8 Å². The Bertz CT molecular complexity index is 577. The lowest BCUT2D eigenvalue weighted by atomic mass is 10.1. The Morgan fingerprint density at radius 3 is 2.68 bits per heavy atom. The Hall–Kier alpha value is -0.850. The van der Waals surface area contributed by atoms with Crippen molar-refractivity contribution in [3.8, 4) is 0 Å². The van der Waals surface area contributed by atoms with Gasteiger partial charge in [-0.3, -0.25) is 4.31 Å². The maximum absolute atomic E-state index is 13.9. The van der Waals surface area contributed by atoms with Gasteiger partial charge in [-0.25, -0.2) is 4.39 Å². The van der Waals surface area contributed by atoms with E-state index in [-0.39, 0.29) is 30.7 Å². The highest BCUT2D eigenvalue weighted by molar-refractivity contribution is 7.90. The summed E-state index contributed by atoms with van der Waals surface area (Å²) in [7, 11) is -3.72. The van der Waals surface area contributed by atoms with E-state index in [1.165, 1.54) is 10.4 Å². The van der Waals surface area contributed by atoms with Gasteiger partial charge in [0, 0.05) is 25.0 Å². The van der Waals surface area contributed by atoms with Crippen molar-refractivity contribution in [2.45, 2.75) is 26.4 Å². The quantitative estimate of drug-likeness (QED) is 0.804. The van der Waals surface area contributed by atoms with E-state index >= 15 is 0 Å². The highest BCUT2D eigenvalue weighted by Gasteiger charge is 2.39. The van der Waals surface area contributed by atoms with Crippen LogP contribution in [0.2, 0.25) is 0 Å². The Morgan fingerprint density at radius 1 is 1.42 bits per heavy atom. The van der Waals surface area contributed by atoms with Crippen molar-refractivity contribution in [1.82, 2.24) is 4.31 Å². The lowest BCUT2D eigenvalue weighted by Gasteiger charge is -2.39. The number of nitrogens with zero attached hydrogens (tertiary/aromatic N) is 2. The lowest BCUT2D eigenvalue weighted by Crippen LogP contribution is -2.51. The van der Waals surface area contributed by atoms with Crippen LogP contribution < -0.4 is 4.31 Å². The molecule has 1 aromatic rings. The van der Waals surface area contributed by atoms with Crippen LogP contribution in [0.5, 0.6) is 0 Å². The molecule has 0 aromatic heterocycles. The predicted molar refractivity (Wildman–Crippen MR) is 74.1 cm³/mol. The molecule has 2 rings (SSSR count). The van der Waals surface area contributed by atoms with Gasteiger partial charge in [-0.05, 0) is 25.5 Å². The van der Waals surface area contributed by atoms with Crippen LogP contribution in [0.25, 0.3) is 0 Å². The van der Waals surface area contributed by atoms with Crippen molar-refractivity contribution in [3.63, 3.8) is 0 Å². The van der Waals surface area contributed by atoms with Gasteiger partial charge in [0.1, 0.15) is 5.82 Å². The minimum absolute atomic E-state index is 0.0566. The summed E-state index contributed by atoms with van der Waals surface area (Å²) in [6.45, 7) is 3.83. The summed E-state index contributed by atoms with van der Waals surface area (Å²) in [6, 6.07) is 4.40. The Labute approximate surface area is 117 Å². The molecule has 0 spiro atoms. The maximum Gasteiger partial charge on any atom is 0.304 e.